The molecule has 0 aliphatic heterocycles. The number of carbonyl (C=O) groups excluding carboxylic acids is 1. The molecule has 1 amide bonds. The summed E-state index contributed by atoms with van der Waals surface area (Å²) < 4.78 is 7.63. The zero-order valence-corrected chi connectivity index (χ0v) is 17.4. The lowest BCUT2D eigenvalue weighted by atomic mass is 10.1. The van der Waals surface area contributed by atoms with E-state index >= 15 is 0 Å². The van der Waals surface area contributed by atoms with Crippen LogP contribution in [0.4, 0.5) is 11.4 Å². The van der Waals surface area contributed by atoms with Crippen LogP contribution in [0.5, 0.6) is 11.5 Å². The summed E-state index contributed by atoms with van der Waals surface area (Å²) in [7, 11) is 0. The molecule has 0 atom stereocenters. The van der Waals surface area contributed by atoms with Crippen LogP contribution in [0.25, 0.3) is 0 Å². The number of nitro benzene ring substituents is 1. The van der Waals surface area contributed by atoms with E-state index in [0.717, 1.165) is 22.4 Å². The fourth-order valence-electron chi connectivity index (χ4n) is 3.08. The monoisotopic (exact) mass is 408 g/mol. The summed E-state index contributed by atoms with van der Waals surface area (Å²) in [6.07, 6.45) is 1.99. The zero-order valence-electron chi connectivity index (χ0n) is 17.4. The number of benzene rings is 2. The highest BCUT2D eigenvalue weighted by Gasteiger charge is 2.14. The first-order valence-electron chi connectivity index (χ1n) is 9.56. The molecule has 8 heteroatoms. The summed E-state index contributed by atoms with van der Waals surface area (Å²) in [5.41, 5.74) is 4.07. The highest BCUT2D eigenvalue weighted by Crippen LogP contribution is 2.33. The van der Waals surface area contributed by atoms with Crippen molar-refractivity contribution >= 4 is 17.3 Å². The topological polar surface area (TPSA) is 99.3 Å². The molecule has 1 heterocycles. The summed E-state index contributed by atoms with van der Waals surface area (Å²) >= 11 is 0. The van der Waals surface area contributed by atoms with Gasteiger partial charge in [0, 0.05) is 31.3 Å². The van der Waals surface area contributed by atoms with Crippen molar-refractivity contribution < 1.29 is 14.5 Å². The van der Waals surface area contributed by atoms with Gasteiger partial charge in [0.1, 0.15) is 11.5 Å². The van der Waals surface area contributed by atoms with Crippen molar-refractivity contribution in [2.45, 2.75) is 40.7 Å². The Labute approximate surface area is 174 Å². The average molecular weight is 408 g/mol. The largest absolute Gasteiger partial charge is 0.457 e. The number of nitrogens with zero attached hydrogens (tertiary/aromatic N) is 3. The van der Waals surface area contributed by atoms with Crippen molar-refractivity contribution in [3.05, 3.63) is 75.1 Å². The number of non-ortho nitro benzene ring substituents is 1. The van der Waals surface area contributed by atoms with Crippen molar-refractivity contribution in [1.29, 1.82) is 0 Å². The molecule has 0 spiro atoms. The number of nitrogens with one attached hydrogen (secondary N) is 1. The Balaban J connectivity index is 1.79. The molecule has 3 rings (SSSR count). The quantitative estimate of drug-likeness (QED) is 0.445. The van der Waals surface area contributed by atoms with Crippen LogP contribution in [0.2, 0.25) is 0 Å². The van der Waals surface area contributed by atoms with Gasteiger partial charge in [0.2, 0.25) is 5.91 Å². The number of carbonyl (C=O) groups is 1. The van der Waals surface area contributed by atoms with Crippen molar-refractivity contribution in [3.8, 4) is 11.5 Å². The molecule has 3 aromatic rings. The SMILES string of the molecule is Cc1cc(C)c(C)c(Oc2cc(NC(=O)CCn3ccc(C)n3)cc([N+](=O)[O-])c2)c1. The van der Waals surface area contributed by atoms with Gasteiger partial charge in [-0.3, -0.25) is 19.6 Å². The van der Waals surface area contributed by atoms with Crippen LogP contribution < -0.4 is 10.1 Å². The van der Waals surface area contributed by atoms with Crippen molar-refractivity contribution in [2.75, 3.05) is 5.32 Å². The second kappa shape index (κ2) is 8.77. The summed E-state index contributed by atoms with van der Waals surface area (Å²) in [4.78, 5) is 23.2. The predicted octanol–water partition coefficient (Wildman–Crippen LogP) is 4.85. The molecule has 0 fully saturated rings. The van der Waals surface area contributed by atoms with Gasteiger partial charge in [-0.25, -0.2) is 0 Å². The lowest BCUT2D eigenvalue weighted by Gasteiger charge is -2.13. The van der Waals surface area contributed by atoms with Gasteiger partial charge in [-0.2, -0.15) is 5.10 Å². The number of nitro groups is 1. The Morgan fingerprint density at radius 3 is 2.60 bits per heavy atom. The molecule has 1 aromatic heterocycles. The summed E-state index contributed by atoms with van der Waals surface area (Å²) in [5, 5.41) is 18.3. The van der Waals surface area contributed by atoms with E-state index in [1.165, 1.54) is 12.1 Å². The molecular weight excluding hydrogens is 384 g/mol. The molecule has 156 valence electrons. The molecule has 8 nitrogen and oxygen atoms in total. The Kier molecular flexibility index (Phi) is 6.15. The smallest absolute Gasteiger partial charge is 0.275 e. The summed E-state index contributed by atoms with van der Waals surface area (Å²) in [6, 6.07) is 10.0. The fourth-order valence-corrected chi connectivity index (χ4v) is 3.08. The third-order valence-electron chi connectivity index (χ3n) is 4.72. The first-order valence-corrected chi connectivity index (χ1v) is 9.56. The van der Waals surface area contributed by atoms with E-state index in [1.54, 1.807) is 16.9 Å². The minimum absolute atomic E-state index is 0.160. The minimum atomic E-state index is -0.511. The molecule has 0 bridgehead atoms. The van der Waals surface area contributed by atoms with Gasteiger partial charge in [-0.1, -0.05) is 6.07 Å². The predicted molar refractivity (Wildman–Crippen MR) is 114 cm³/mol. The second-order valence-corrected chi connectivity index (χ2v) is 7.30. The molecule has 0 saturated heterocycles. The number of aromatic nitrogens is 2. The van der Waals surface area contributed by atoms with Gasteiger partial charge in [-0.15, -0.1) is 0 Å². The molecule has 0 aliphatic carbocycles. The van der Waals surface area contributed by atoms with Crippen LogP contribution in [0.1, 0.15) is 28.8 Å². The number of aryl methyl sites for hydroxylation is 4. The molecule has 0 saturated carbocycles. The fraction of sp³-hybridized carbons (Fsp3) is 0.273. The maximum Gasteiger partial charge on any atom is 0.275 e. The number of rotatable bonds is 7. The Hall–Kier alpha value is -3.68. The van der Waals surface area contributed by atoms with Crippen LogP contribution >= 0.6 is 0 Å². The molecule has 0 aliphatic rings. The zero-order chi connectivity index (χ0) is 21.8. The Morgan fingerprint density at radius 2 is 1.93 bits per heavy atom. The lowest BCUT2D eigenvalue weighted by molar-refractivity contribution is -0.384. The number of amides is 1. The van der Waals surface area contributed by atoms with Crippen LogP contribution in [0, 0.1) is 37.8 Å². The van der Waals surface area contributed by atoms with E-state index in [2.05, 4.69) is 10.4 Å². The highest BCUT2D eigenvalue weighted by atomic mass is 16.6. The van der Waals surface area contributed by atoms with Crippen LogP contribution in [0.3, 0.4) is 0 Å². The van der Waals surface area contributed by atoms with Gasteiger partial charge in [-0.05, 0) is 56.5 Å². The van der Waals surface area contributed by atoms with Crippen LogP contribution in [-0.4, -0.2) is 20.6 Å². The molecule has 2 aromatic carbocycles. The Morgan fingerprint density at radius 1 is 1.17 bits per heavy atom. The third-order valence-corrected chi connectivity index (χ3v) is 4.72. The van der Waals surface area contributed by atoms with Crippen molar-refractivity contribution in [1.82, 2.24) is 9.78 Å². The van der Waals surface area contributed by atoms with Gasteiger partial charge in [0.15, 0.2) is 0 Å². The van der Waals surface area contributed by atoms with Gasteiger partial charge < -0.3 is 10.1 Å². The maximum atomic E-state index is 12.3. The van der Waals surface area contributed by atoms with Crippen molar-refractivity contribution in [3.63, 3.8) is 0 Å². The number of ether oxygens (including phenoxy) is 1. The van der Waals surface area contributed by atoms with E-state index in [9.17, 15) is 14.9 Å². The Bertz CT molecular complexity index is 1100. The number of anilines is 1. The summed E-state index contributed by atoms with van der Waals surface area (Å²) in [6.45, 7) is 8.16. The van der Waals surface area contributed by atoms with Crippen LogP contribution in [0.15, 0.2) is 42.6 Å². The maximum absolute atomic E-state index is 12.3. The molecule has 30 heavy (non-hydrogen) atoms. The van der Waals surface area contributed by atoms with Gasteiger partial charge in [0.05, 0.1) is 22.4 Å². The van der Waals surface area contributed by atoms with E-state index in [-0.39, 0.29) is 23.8 Å². The summed E-state index contributed by atoms with van der Waals surface area (Å²) in [5.74, 6) is 0.645. The number of hydrogen-bond donors (Lipinski definition) is 1. The minimum Gasteiger partial charge on any atom is -0.457 e. The van der Waals surface area contributed by atoms with Gasteiger partial charge >= 0.3 is 0 Å². The second-order valence-electron chi connectivity index (χ2n) is 7.30. The standard InChI is InChI=1S/C22H24N4O4/c1-14-9-15(2)17(4)21(10-14)30-20-12-18(11-19(13-20)26(28)29)23-22(27)6-8-25-7-5-16(3)24-25/h5,7,9-13H,6,8H2,1-4H3,(H,23,27). The first kappa shape index (κ1) is 21.0. The normalized spacial score (nSPS) is 10.7. The number of hydrogen-bond acceptors (Lipinski definition) is 5. The first-order chi connectivity index (χ1) is 14.2. The molecule has 0 unspecified atom stereocenters. The highest BCUT2D eigenvalue weighted by molar-refractivity contribution is 5.91. The third kappa shape index (κ3) is 5.22. The van der Waals surface area contributed by atoms with Crippen LogP contribution in [-0.2, 0) is 11.3 Å². The van der Waals surface area contributed by atoms with E-state index in [0.29, 0.717) is 18.0 Å². The van der Waals surface area contributed by atoms with E-state index in [1.807, 2.05) is 45.9 Å². The van der Waals surface area contributed by atoms with E-state index in [4.69, 9.17) is 4.74 Å². The van der Waals surface area contributed by atoms with E-state index < -0.39 is 4.92 Å². The average Bonchev–Trinajstić information content (AvgIpc) is 3.09. The molecular formula is C22H24N4O4. The van der Waals surface area contributed by atoms with Crippen molar-refractivity contribution in [2.24, 2.45) is 0 Å². The lowest BCUT2D eigenvalue weighted by Crippen LogP contribution is -2.15. The molecule has 0 radical (unpaired) electrons. The molecule has 1 N–H and O–H groups in total. The van der Waals surface area contributed by atoms with Gasteiger partial charge in [0.25, 0.3) is 5.69 Å².